The Hall–Kier alpha value is -1.93. The number of aliphatic hydroxyl groups is 1. The van der Waals surface area contributed by atoms with Crippen molar-refractivity contribution in [2.45, 2.75) is 18.4 Å². The highest BCUT2D eigenvalue weighted by Gasteiger charge is 2.33. The van der Waals surface area contributed by atoms with E-state index in [0.29, 0.717) is 12.0 Å². The van der Waals surface area contributed by atoms with Crippen LogP contribution in [-0.2, 0) is 0 Å². The zero-order valence-corrected chi connectivity index (χ0v) is 9.91. The summed E-state index contributed by atoms with van der Waals surface area (Å²) in [7, 11) is 0. The number of aliphatic hydroxyl groups excluding tert-OH is 1. The Morgan fingerprint density at radius 1 is 0.944 bits per heavy atom. The molecular weight excluding hydrogens is 224 g/mol. The van der Waals surface area contributed by atoms with E-state index in [4.69, 9.17) is 0 Å². The molecule has 2 unspecified atom stereocenters. The van der Waals surface area contributed by atoms with Gasteiger partial charge in [0.15, 0.2) is 5.78 Å². The van der Waals surface area contributed by atoms with Crippen LogP contribution in [0.1, 0.15) is 39.9 Å². The van der Waals surface area contributed by atoms with Crippen molar-refractivity contribution in [3.8, 4) is 0 Å². The third-order valence-electron chi connectivity index (χ3n) is 3.59. The van der Waals surface area contributed by atoms with Crippen molar-refractivity contribution in [2.75, 3.05) is 0 Å². The fraction of sp³-hybridized carbons (Fsp3) is 0.188. The lowest BCUT2D eigenvalue weighted by atomic mass is 9.77. The first-order valence-electron chi connectivity index (χ1n) is 6.12. The van der Waals surface area contributed by atoms with E-state index < -0.39 is 6.10 Å². The molecule has 2 atom stereocenters. The molecule has 2 aromatic carbocycles. The molecule has 2 aromatic rings. The van der Waals surface area contributed by atoms with Crippen LogP contribution >= 0.6 is 0 Å². The van der Waals surface area contributed by atoms with Gasteiger partial charge < -0.3 is 5.11 Å². The minimum absolute atomic E-state index is 0.116. The van der Waals surface area contributed by atoms with Crippen molar-refractivity contribution < 1.29 is 9.90 Å². The van der Waals surface area contributed by atoms with E-state index in [1.165, 1.54) is 0 Å². The second-order valence-electron chi connectivity index (χ2n) is 4.68. The molecule has 0 saturated heterocycles. The van der Waals surface area contributed by atoms with Gasteiger partial charge in [-0.2, -0.15) is 0 Å². The fourth-order valence-corrected chi connectivity index (χ4v) is 2.65. The van der Waals surface area contributed by atoms with Gasteiger partial charge in [-0.05, 0) is 11.1 Å². The molecule has 2 nitrogen and oxygen atoms in total. The zero-order chi connectivity index (χ0) is 12.5. The number of benzene rings is 2. The monoisotopic (exact) mass is 238 g/mol. The first kappa shape index (κ1) is 11.2. The fourth-order valence-electron chi connectivity index (χ4n) is 2.65. The Morgan fingerprint density at radius 3 is 2.39 bits per heavy atom. The summed E-state index contributed by atoms with van der Waals surface area (Å²) in [4.78, 5) is 12.1. The minimum Gasteiger partial charge on any atom is -0.388 e. The highest BCUT2D eigenvalue weighted by atomic mass is 16.3. The van der Waals surface area contributed by atoms with Crippen molar-refractivity contribution in [1.29, 1.82) is 0 Å². The maximum atomic E-state index is 12.1. The third kappa shape index (κ3) is 1.75. The maximum Gasteiger partial charge on any atom is 0.163 e. The minimum atomic E-state index is -0.596. The van der Waals surface area contributed by atoms with Crippen LogP contribution in [0.4, 0.5) is 0 Å². The molecule has 0 heterocycles. The van der Waals surface area contributed by atoms with Crippen molar-refractivity contribution in [3.05, 3.63) is 71.3 Å². The summed E-state index contributed by atoms with van der Waals surface area (Å²) in [6, 6.07) is 17.1. The van der Waals surface area contributed by atoms with E-state index in [0.717, 1.165) is 11.1 Å². The molecule has 0 fully saturated rings. The molecule has 0 aliphatic heterocycles. The molecule has 0 aromatic heterocycles. The number of rotatable bonds is 1. The predicted molar refractivity (Wildman–Crippen MR) is 69.5 cm³/mol. The highest BCUT2D eigenvalue weighted by molar-refractivity contribution is 5.99. The number of hydrogen-bond donors (Lipinski definition) is 1. The van der Waals surface area contributed by atoms with E-state index in [-0.39, 0.29) is 11.7 Å². The van der Waals surface area contributed by atoms with Crippen LogP contribution in [0.3, 0.4) is 0 Å². The first-order valence-corrected chi connectivity index (χ1v) is 6.12. The average Bonchev–Trinajstić information content (AvgIpc) is 2.44. The zero-order valence-electron chi connectivity index (χ0n) is 9.91. The Bertz CT molecular complexity index is 575. The van der Waals surface area contributed by atoms with Gasteiger partial charge in [-0.3, -0.25) is 4.79 Å². The van der Waals surface area contributed by atoms with Crippen LogP contribution in [0.2, 0.25) is 0 Å². The van der Waals surface area contributed by atoms with Gasteiger partial charge in [0.25, 0.3) is 0 Å². The molecule has 1 N–H and O–H groups in total. The summed E-state index contributed by atoms with van der Waals surface area (Å²) in [5, 5.41) is 10.4. The van der Waals surface area contributed by atoms with E-state index in [1.807, 2.05) is 48.5 Å². The summed E-state index contributed by atoms with van der Waals surface area (Å²) in [6.45, 7) is 0. The van der Waals surface area contributed by atoms with Gasteiger partial charge in [-0.1, -0.05) is 54.6 Å². The smallest absolute Gasteiger partial charge is 0.163 e. The second kappa shape index (κ2) is 4.39. The molecular formula is C16H14O2. The van der Waals surface area contributed by atoms with Gasteiger partial charge in [0.2, 0.25) is 0 Å². The second-order valence-corrected chi connectivity index (χ2v) is 4.68. The van der Waals surface area contributed by atoms with Crippen LogP contribution in [0.15, 0.2) is 54.6 Å². The molecule has 0 spiro atoms. The van der Waals surface area contributed by atoms with Crippen LogP contribution in [-0.4, -0.2) is 10.9 Å². The topological polar surface area (TPSA) is 37.3 Å². The number of Topliss-reactive ketones (excluding diaryl/α,β-unsaturated/α-hetero) is 1. The van der Waals surface area contributed by atoms with Gasteiger partial charge in [0.05, 0.1) is 6.10 Å². The van der Waals surface area contributed by atoms with Crippen LogP contribution in [0, 0.1) is 0 Å². The van der Waals surface area contributed by atoms with Crippen molar-refractivity contribution in [3.63, 3.8) is 0 Å². The Kier molecular flexibility index (Phi) is 2.73. The van der Waals surface area contributed by atoms with Crippen molar-refractivity contribution in [2.24, 2.45) is 0 Å². The molecule has 0 amide bonds. The van der Waals surface area contributed by atoms with E-state index in [2.05, 4.69) is 0 Å². The van der Waals surface area contributed by atoms with Gasteiger partial charge in [-0.25, -0.2) is 0 Å². The number of carbonyl (C=O) groups is 1. The molecule has 2 heteroatoms. The van der Waals surface area contributed by atoms with Crippen molar-refractivity contribution >= 4 is 5.78 Å². The SMILES string of the molecule is O=C1CC(c2ccccc2)C(O)c2ccccc21. The largest absolute Gasteiger partial charge is 0.388 e. The number of hydrogen-bond acceptors (Lipinski definition) is 2. The Labute approximate surface area is 106 Å². The van der Waals surface area contributed by atoms with Crippen molar-refractivity contribution in [1.82, 2.24) is 0 Å². The summed E-state index contributed by atoms with van der Waals surface area (Å²) in [5.41, 5.74) is 2.44. The standard InChI is InChI=1S/C16H14O2/c17-15-10-14(11-6-2-1-3-7-11)16(18)13-9-5-4-8-12(13)15/h1-9,14,16,18H,10H2. The van der Waals surface area contributed by atoms with Gasteiger partial charge in [0.1, 0.15) is 0 Å². The Morgan fingerprint density at radius 2 is 1.61 bits per heavy atom. The predicted octanol–water partition coefficient (Wildman–Crippen LogP) is 3.09. The summed E-state index contributed by atoms with van der Waals surface area (Å²) in [6.07, 6.45) is -0.219. The lowest BCUT2D eigenvalue weighted by Crippen LogP contribution is -2.23. The van der Waals surface area contributed by atoms with Gasteiger partial charge >= 0.3 is 0 Å². The first-order chi connectivity index (χ1) is 8.77. The lowest BCUT2D eigenvalue weighted by Gasteiger charge is -2.29. The van der Waals surface area contributed by atoms with Gasteiger partial charge in [0, 0.05) is 17.9 Å². The van der Waals surface area contributed by atoms with Gasteiger partial charge in [-0.15, -0.1) is 0 Å². The van der Waals surface area contributed by atoms with E-state index in [1.54, 1.807) is 6.07 Å². The van der Waals surface area contributed by atoms with E-state index in [9.17, 15) is 9.90 Å². The molecule has 0 radical (unpaired) electrons. The molecule has 1 aliphatic rings. The molecule has 0 saturated carbocycles. The normalized spacial score (nSPS) is 22.6. The van der Waals surface area contributed by atoms with Crippen LogP contribution < -0.4 is 0 Å². The highest BCUT2D eigenvalue weighted by Crippen LogP contribution is 2.40. The summed E-state index contributed by atoms with van der Waals surface area (Å²) in [5.74, 6) is -0.0154. The molecule has 3 rings (SSSR count). The Balaban J connectivity index is 2.05. The number of carbonyl (C=O) groups excluding carboxylic acids is 1. The number of fused-ring (bicyclic) bond motifs is 1. The van der Waals surface area contributed by atoms with Crippen LogP contribution in [0.5, 0.6) is 0 Å². The summed E-state index contributed by atoms with van der Waals surface area (Å²) >= 11 is 0. The lowest BCUT2D eigenvalue weighted by molar-refractivity contribution is 0.0844. The molecule has 90 valence electrons. The summed E-state index contributed by atoms with van der Waals surface area (Å²) < 4.78 is 0. The number of ketones is 1. The quantitative estimate of drug-likeness (QED) is 0.829. The third-order valence-corrected chi connectivity index (χ3v) is 3.59. The molecule has 18 heavy (non-hydrogen) atoms. The van der Waals surface area contributed by atoms with Crippen LogP contribution in [0.25, 0.3) is 0 Å². The molecule has 0 bridgehead atoms. The average molecular weight is 238 g/mol. The maximum absolute atomic E-state index is 12.1. The van der Waals surface area contributed by atoms with E-state index >= 15 is 0 Å². The molecule has 1 aliphatic carbocycles.